The molecule has 2 aromatic heterocycles. The average molecular weight is 249 g/mol. The van der Waals surface area contributed by atoms with Crippen LogP contribution in [0.4, 0.5) is 0 Å². The Balaban J connectivity index is 2.56. The molecule has 0 aliphatic heterocycles. The van der Waals surface area contributed by atoms with Crippen LogP contribution in [-0.2, 0) is 6.42 Å². The minimum Gasteiger partial charge on any atom is -0.491 e. The number of fused-ring (bicyclic) bond motifs is 3. The maximum Gasteiger partial charge on any atom is 0.258 e. The van der Waals surface area contributed by atoms with E-state index in [4.69, 9.17) is 11.6 Å². The van der Waals surface area contributed by atoms with Crippen LogP contribution < -0.4 is 0 Å². The van der Waals surface area contributed by atoms with Gasteiger partial charge in [0.15, 0.2) is 0 Å². The predicted octanol–water partition coefficient (Wildman–Crippen LogP) is 2.20. The number of aryl methyl sites for hydroxylation is 1. The summed E-state index contributed by atoms with van der Waals surface area (Å²) in [6.07, 6.45) is 0.725. The van der Waals surface area contributed by atoms with Crippen LogP contribution in [0.15, 0.2) is 18.2 Å². The first-order chi connectivity index (χ1) is 8.20. The number of hydrogen-bond donors (Lipinski definition) is 1. The van der Waals surface area contributed by atoms with E-state index < -0.39 is 0 Å². The molecule has 0 saturated carbocycles. The number of benzene rings is 1. The van der Waals surface area contributed by atoms with Crippen molar-refractivity contribution >= 4 is 28.3 Å². The van der Waals surface area contributed by atoms with Gasteiger partial charge in [-0.15, -0.1) is 10.2 Å². The van der Waals surface area contributed by atoms with Gasteiger partial charge in [0.25, 0.3) is 5.88 Å². The zero-order chi connectivity index (χ0) is 12.0. The number of rotatable bonds is 1. The van der Waals surface area contributed by atoms with Crippen molar-refractivity contribution in [3.05, 3.63) is 29.0 Å². The predicted molar refractivity (Wildman–Crippen MR) is 64.3 cm³/mol. The third kappa shape index (κ3) is 1.43. The minimum absolute atomic E-state index is 0.132. The van der Waals surface area contributed by atoms with Crippen LogP contribution >= 0.6 is 11.6 Å². The van der Waals surface area contributed by atoms with Crippen LogP contribution in [-0.4, -0.2) is 24.7 Å². The summed E-state index contributed by atoms with van der Waals surface area (Å²) in [7, 11) is 0. The molecule has 0 aliphatic rings. The molecule has 3 rings (SSSR count). The number of halogens is 1. The van der Waals surface area contributed by atoms with Crippen LogP contribution in [0.1, 0.15) is 12.7 Å². The third-order valence-corrected chi connectivity index (χ3v) is 2.89. The summed E-state index contributed by atoms with van der Waals surface area (Å²) in [5, 5.41) is 18.3. The van der Waals surface area contributed by atoms with Gasteiger partial charge in [0.2, 0.25) is 5.65 Å². The number of hydrogen-bond acceptors (Lipinski definition) is 4. The monoisotopic (exact) mass is 248 g/mol. The molecule has 0 amide bonds. The molecular weight excluding hydrogens is 240 g/mol. The zero-order valence-electron chi connectivity index (χ0n) is 9.05. The van der Waals surface area contributed by atoms with E-state index in [1.54, 1.807) is 16.5 Å². The van der Waals surface area contributed by atoms with Gasteiger partial charge in [-0.1, -0.05) is 18.5 Å². The molecule has 0 spiro atoms. The van der Waals surface area contributed by atoms with E-state index in [2.05, 4.69) is 15.2 Å². The van der Waals surface area contributed by atoms with Gasteiger partial charge >= 0.3 is 0 Å². The molecule has 2 heterocycles. The second-order valence-corrected chi connectivity index (χ2v) is 4.13. The largest absolute Gasteiger partial charge is 0.491 e. The van der Waals surface area contributed by atoms with E-state index in [0.29, 0.717) is 16.2 Å². The van der Waals surface area contributed by atoms with E-state index in [1.807, 2.05) is 13.0 Å². The van der Waals surface area contributed by atoms with Gasteiger partial charge in [-0.2, -0.15) is 0 Å². The molecule has 0 unspecified atom stereocenters. The van der Waals surface area contributed by atoms with Crippen LogP contribution in [0.2, 0.25) is 5.02 Å². The van der Waals surface area contributed by atoms with Gasteiger partial charge in [-0.25, -0.2) is 4.98 Å². The van der Waals surface area contributed by atoms with Crippen molar-refractivity contribution in [3.63, 3.8) is 0 Å². The summed E-state index contributed by atoms with van der Waals surface area (Å²) >= 11 is 5.91. The lowest BCUT2D eigenvalue weighted by Gasteiger charge is -2.04. The Morgan fingerprint density at radius 2 is 2.18 bits per heavy atom. The Hall–Kier alpha value is -1.88. The molecule has 0 aliphatic carbocycles. The van der Waals surface area contributed by atoms with Crippen molar-refractivity contribution < 1.29 is 5.11 Å². The van der Waals surface area contributed by atoms with Crippen LogP contribution in [0, 0.1) is 0 Å². The minimum atomic E-state index is -0.132. The van der Waals surface area contributed by atoms with Crippen molar-refractivity contribution in [1.29, 1.82) is 0 Å². The molecule has 1 N–H and O–H groups in total. The van der Waals surface area contributed by atoms with Crippen molar-refractivity contribution in [3.8, 4) is 5.88 Å². The fourth-order valence-corrected chi connectivity index (χ4v) is 2.05. The van der Waals surface area contributed by atoms with E-state index >= 15 is 0 Å². The van der Waals surface area contributed by atoms with E-state index in [1.165, 1.54) is 0 Å². The Bertz CT molecular complexity index is 722. The van der Waals surface area contributed by atoms with E-state index in [-0.39, 0.29) is 5.88 Å². The lowest BCUT2D eigenvalue weighted by Crippen LogP contribution is -1.96. The topological polar surface area (TPSA) is 63.3 Å². The second-order valence-electron chi connectivity index (χ2n) is 3.70. The summed E-state index contributed by atoms with van der Waals surface area (Å²) < 4.78 is 1.80. The molecule has 1 aromatic carbocycles. The quantitative estimate of drug-likeness (QED) is 0.717. The second kappa shape index (κ2) is 3.56. The first-order valence-corrected chi connectivity index (χ1v) is 5.60. The Kier molecular flexibility index (Phi) is 2.16. The van der Waals surface area contributed by atoms with E-state index in [9.17, 15) is 5.11 Å². The summed E-state index contributed by atoms with van der Waals surface area (Å²) in [4.78, 5) is 4.06. The number of aromatic nitrogens is 4. The molecular formula is C11H9ClN4O. The maximum absolute atomic E-state index is 9.79. The summed E-state index contributed by atoms with van der Waals surface area (Å²) in [6.45, 7) is 1.98. The van der Waals surface area contributed by atoms with Crippen LogP contribution in [0.3, 0.4) is 0 Å². The molecule has 5 nitrogen and oxygen atoms in total. The zero-order valence-corrected chi connectivity index (χ0v) is 9.81. The van der Waals surface area contributed by atoms with Gasteiger partial charge in [0.05, 0.1) is 11.0 Å². The van der Waals surface area contributed by atoms with Gasteiger partial charge in [0.1, 0.15) is 5.82 Å². The summed E-state index contributed by atoms with van der Waals surface area (Å²) in [6, 6.07) is 5.33. The Morgan fingerprint density at radius 1 is 1.35 bits per heavy atom. The van der Waals surface area contributed by atoms with Gasteiger partial charge in [-0.3, -0.25) is 4.40 Å². The fourth-order valence-electron chi connectivity index (χ4n) is 1.88. The van der Waals surface area contributed by atoms with E-state index in [0.717, 1.165) is 17.8 Å². The average Bonchev–Trinajstić information content (AvgIpc) is 2.73. The molecule has 17 heavy (non-hydrogen) atoms. The van der Waals surface area contributed by atoms with Crippen LogP contribution in [0.5, 0.6) is 5.88 Å². The summed E-state index contributed by atoms with van der Waals surface area (Å²) in [5.41, 5.74) is 1.83. The van der Waals surface area contributed by atoms with Crippen molar-refractivity contribution in [1.82, 2.24) is 19.6 Å². The van der Waals surface area contributed by atoms with Gasteiger partial charge in [-0.05, 0) is 18.2 Å². The molecule has 0 saturated heterocycles. The molecule has 6 heteroatoms. The normalized spacial score (nSPS) is 11.4. The Labute approximate surface area is 102 Å². The molecule has 86 valence electrons. The molecule has 0 radical (unpaired) electrons. The number of aromatic hydroxyl groups is 1. The lowest BCUT2D eigenvalue weighted by molar-refractivity contribution is 0.458. The van der Waals surface area contributed by atoms with Crippen molar-refractivity contribution in [2.24, 2.45) is 0 Å². The standard InChI is InChI=1S/C11H9ClN4O/c1-2-9-14-15-10-11(17)13-7-5-6(12)3-4-8(7)16(9)10/h3-5H,2H2,1H3,(H,13,17). The highest BCUT2D eigenvalue weighted by Gasteiger charge is 2.13. The Morgan fingerprint density at radius 3 is 2.94 bits per heavy atom. The molecule has 0 atom stereocenters. The highest BCUT2D eigenvalue weighted by molar-refractivity contribution is 6.31. The first-order valence-electron chi connectivity index (χ1n) is 5.23. The lowest BCUT2D eigenvalue weighted by atomic mass is 10.3. The SMILES string of the molecule is CCc1nnc2c(O)nc3cc(Cl)ccc3n12. The third-order valence-electron chi connectivity index (χ3n) is 2.65. The van der Waals surface area contributed by atoms with Crippen molar-refractivity contribution in [2.75, 3.05) is 0 Å². The molecule has 0 fully saturated rings. The highest BCUT2D eigenvalue weighted by Crippen LogP contribution is 2.24. The molecule has 0 bridgehead atoms. The smallest absolute Gasteiger partial charge is 0.258 e. The first kappa shape index (κ1) is 10.3. The molecule has 3 aromatic rings. The maximum atomic E-state index is 9.79. The van der Waals surface area contributed by atoms with Gasteiger partial charge < -0.3 is 5.11 Å². The van der Waals surface area contributed by atoms with Crippen molar-refractivity contribution in [2.45, 2.75) is 13.3 Å². The summed E-state index contributed by atoms with van der Waals surface area (Å²) in [5.74, 6) is 0.650. The van der Waals surface area contributed by atoms with Crippen LogP contribution in [0.25, 0.3) is 16.7 Å². The highest BCUT2D eigenvalue weighted by atomic mass is 35.5. The van der Waals surface area contributed by atoms with Gasteiger partial charge in [0, 0.05) is 11.4 Å². The number of nitrogens with zero attached hydrogens (tertiary/aromatic N) is 4. The fraction of sp³-hybridized carbons (Fsp3) is 0.182.